The number of imide groups is 1. The Bertz CT molecular complexity index is 572. The molecule has 3 heterocycles. The van der Waals surface area contributed by atoms with E-state index in [1.54, 1.807) is 4.90 Å². The molecule has 3 aliphatic rings. The topological polar surface area (TPSA) is 46.6 Å². The predicted octanol–water partition coefficient (Wildman–Crippen LogP) is 5.41. The van der Waals surface area contributed by atoms with Crippen LogP contribution in [0, 0.1) is 11.8 Å². The lowest BCUT2D eigenvalue weighted by atomic mass is 9.74. The number of fused-ring (bicyclic) bond motifs is 5. The smallest absolute Gasteiger partial charge is 0.236 e. The largest absolute Gasteiger partial charge is 0.362 e. The van der Waals surface area contributed by atoms with Crippen molar-refractivity contribution in [3.8, 4) is 0 Å². The van der Waals surface area contributed by atoms with Crippen molar-refractivity contribution in [2.24, 2.45) is 11.8 Å². The first-order chi connectivity index (χ1) is 13.6. The van der Waals surface area contributed by atoms with Crippen LogP contribution in [0.3, 0.4) is 0 Å². The highest BCUT2D eigenvalue weighted by Crippen LogP contribution is 2.53. The second kappa shape index (κ2) is 10.0. The summed E-state index contributed by atoms with van der Waals surface area (Å²) in [6.45, 7) is 5.04. The third kappa shape index (κ3) is 4.37. The number of hydrogen-bond acceptors (Lipinski definition) is 3. The van der Waals surface area contributed by atoms with E-state index in [-0.39, 0.29) is 29.8 Å². The van der Waals surface area contributed by atoms with E-state index >= 15 is 0 Å². The van der Waals surface area contributed by atoms with Gasteiger partial charge >= 0.3 is 0 Å². The van der Waals surface area contributed by atoms with E-state index < -0.39 is 5.60 Å². The third-order valence-corrected chi connectivity index (χ3v) is 6.90. The molecule has 4 atom stereocenters. The van der Waals surface area contributed by atoms with Crippen molar-refractivity contribution in [1.29, 1.82) is 0 Å². The molecule has 4 heteroatoms. The molecule has 2 saturated heterocycles. The first-order valence-electron chi connectivity index (χ1n) is 11.9. The Labute approximate surface area is 171 Å². The van der Waals surface area contributed by atoms with E-state index in [9.17, 15) is 9.59 Å². The number of carbonyl (C=O) groups is 2. The highest BCUT2D eigenvalue weighted by atomic mass is 16.5. The summed E-state index contributed by atoms with van der Waals surface area (Å²) < 4.78 is 6.23. The SMILES string of the molecule is CCCCCCCCN1C(=O)[C@@H]2[C@@H]3C=C[C@@](CCCCCCCC)(O3)[C@@H]2C1=O. The zero-order chi connectivity index (χ0) is 20.0. The van der Waals surface area contributed by atoms with Gasteiger partial charge in [0.15, 0.2) is 0 Å². The molecule has 0 spiro atoms. The van der Waals surface area contributed by atoms with E-state index in [1.807, 2.05) is 6.08 Å². The van der Waals surface area contributed by atoms with Gasteiger partial charge in [-0.05, 0) is 12.8 Å². The van der Waals surface area contributed by atoms with E-state index in [1.165, 1.54) is 57.8 Å². The molecule has 0 aromatic carbocycles. The summed E-state index contributed by atoms with van der Waals surface area (Å²) in [5.41, 5.74) is -0.511. The molecule has 158 valence electrons. The molecule has 3 aliphatic heterocycles. The van der Waals surface area contributed by atoms with Crippen LogP contribution >= 0.6 is 0 Å². The lowest BCUT2D eigenvalue weighted by Crippen LogP contribution is -2.41. The number of rotatable bonds is 14. The highest BCUT2D eigenvalue weighted by Gasteiger charge is 2.66. The molecule has 0 saturated carbocycles. The highest BCUT2D eigenvalue weighted by molar-refractivity contribution is 6.07. The Kier molecular flexibility index (Phi) is 7.73. The van der Waals surface area contributed by atoms with Crippen molar-refractivity contribution < 1.29 is 14.3 Å². The minimum atomic E-state index is -0.511. The van der Waals surface area contributed by atoms with Gasteiger partial charge in [0.1, 0.15) is 0 Å². The minimum absolute atomic E-state index is 0.0164. The second-order valence-electron chi connectivity index (χ2n) is 9.01. The Hall–Kier alpha value is -1.16. The molecule has 2 bridgehead atoms. The molecule has 0 unspecified atom stereocenters. The molecule has 28 heavy (non-hydrogen) atoms. The maximum atomic E-state index is 13.1. The molecule has 2 fully saturated rings. The fourth-order valence-electron chi connectivity index (χ4n) is 5.31. The van der Waals surface area contributed by atoms with Crippen molar-refractivity contribution in [1.82, 2.24) is 4.90 Å². The average molecular weight is 390 g/mol. The summed E-state index contributed by atoms with van der Waals surface area (Å²) in [5.74, 6) is -0.493. The molecule has 0 aromatic rings. The van der Waals surface area contributed by atoms with E-state index in [2.05, 4.69) is 19.9 Å². The Morgan fingerprint density at radius 1 is 0.857 bits per heavy atom. The van der Waals surface area contributed by atoms with Crippen molar-refractivity contribution >= 4 is 11.8 Å². The van der Waals surface area contributed by atoms with E-state index in [0.29, 0.717) is 6.54 Å². The number of likely N-dealkylation sites (tertiary alicyclic amines) is 1. The van der Waals surface area contributed by atoms with Crippen molar-refractivity contribution in [3.63, 3.8) is 0 Å². The predicted molar refractivity (Wildman–Crippen MR) is 112 cm³/mol. The lowest BCUT2D eigenvalue weighted by molar-refractivity contribution is -0.144. The van der Waals surface area contributed by atoms with Crippen LogP contribution in [-0.4, -0.2) is 35.0 Å². The third-order valence-electron chi connectivity index (χ3n) is 6.90. The quantitative estimate of drug-likeness (QED) is 0.227. The Morgan fingerprint density at radius 3 is 2.14 bits per heavy atom. The molecule has 0 aromatic heterocycles. The summed E-state index contributed by atoms with van der Waals surface area (Å²) in [4.78, 5) is 27.6. The fraction of sp³-hybridized carbons (Fsp3) is 0.833. The van der Waals surface area contributed by atoms with Crippen LogP contribution in [-0.2, 0) is 14.3 Å². The molecule has 0 aliphatic carbocycles. The monoisotopic (exact) mass is 389 g/mol. The molecular weight excluding hydrogens is 350 g/mol. The van der Waals surface area contributed by atoms with Crippen LogP contribution in [0.1, 0.15) is 97.3 Å². The van der Waals surface area contributed by atoms with Gasteiger partial charge in [0.05, 0.1) is 23.5 Å². The number of carbonyl (C=O) groups excluding carboxylic acids is 2. The van der Waals surface area contributed by atoms with Gasteiger partial charge < -0.3 is 4.74 Å². The fourth-order valence-corrected chi connectivity index (χ4v) is 5.31. The first kappa shape index (κ1) is 21.5. The van der Waals surface area contributed by atoms with E-state index in [4.69, 9.17) is 4.74 Å². The van der Waals surface area contributed by atoms with Gasteiger partial charge in [0, 0.05) is 6.54 Å². The zero-order valence-electron chi connectivity index (χ0n) is 18.0. The van der Waals surface area contributed by atoms with Crippen LogP contribution in [0.4, 0.5) is 0 Å². The summed E-state index contributed by atoms with van der Waals surface area (Å²) in [7, 11) is 0. The van der Waals surface area contributed by atoms with Crippen molar-refractivity contribution in [2.45, 2.75) is 109 Å². The number of nitrogens with zero attached hydrogens (tertiary/aromatic N) is 1. The van der Waals surface area contributed by atoms with Crippen LogP contribution < -0.4 is 0 Å². The number of ether oxygens (including phenoxy) is 1. The molecule has 0 radical (unpaired) electrons. The molecule has 0 N–H and O–H groups in total. The Balaban J connectivity index is 1.51. The van der Waals surface area contributed by atoms with Crippen LogP contribution in [0.2, 0.25) is 0 Å². The molecule has 2 amide bonds. The van der Waals surface area contributed by atoms with Gasteiger partial charge in [-0.15, -0.1) is 0 Å². The first-order valence-corrected chi connectivity index (χ1v) is 11.9. The molecule has 3 rings (SSSR count). The van der Waals surface area contributed by atoms with Crippen LogP contribution in [0.25, 0.3) is 0 Å². The van der Waals surface area contributed by atoms with Gasteiger partial charge in [-0.25, -0.2) is 0 Å². The Morgan fingerprint density at radius 2 is 1.46 bits per heavy atom. The van der Waals surface area contributed by atoms with Crippen LogP contribution in [0.5, 0.6) is 0 Å². The normalized spacial score (nSPS) is 30.6. The second-order valence-corrected chi connectivity index (χ2v) is 9.01. The lowest BCUT2D eigenvalue weighted by Gasteiger charge is -2.29. The van der Waals surface area contributed by atoms with Crippen LogP contribution in [0.15, 0.2) is 12.2 Å². The number of amides is 2. The molecule has 4 nitrogen and oxygen atoms in total. The van der Waals surface area contributed by atoms with Crippen molar-refractivity contribution in [2.75, 3.05) is 6.54 Å². The van der Waals surface area contributed by atoms with Gasteiger partial charge in [-0.1, -0.05) is 96.6 Å². The van der Waals surface area contributed by atoms with Gasteiger partial charge in [-0.2, -0.15) is 0 Å². The van der Waals surface area contributed by atoms with Gasteiger partial charge in [-0.3, -0.25) is 14.5 Å². The summed E-state index contributed by atoms with van der Waals surface area (Å²) in [5, 5.41) is 0. The van der Waals surface area contributed by atoms with Crippen molar-refractivity contribution in [3.05, 3.63) is 12.2 Å². The minimum Gasteiger partial charge on any atom is -0.362 e. The molecular formula is C24H39NO3. The standard InChI is InChI=1S/C24H39NO3/c1-3-5-7-9-11-13-16-24-17-15-19(28-24)20-21(24)23(27)25(22(20)26)18-14-12-10-8-6-4-2/h15,17,19-21H,3-14,16,18H2,1-2H3/t19-,20+,21-,24+/m0/s1. The summed E-state index contributed by atoms with van der Waals surface area (Å²) >= 11 is 0. The zero-order valence-corrected chi connectivity index (χ0v) is 18.0. The number of hydrogen-bond donors (Lipinski definition) is 0. The maximum absolute atomic E-state index is 13.1. The summed E-state index contributed by atoms with van der Waals surface area (Å²) in [6, 6.07) is 0. The van der Waals surface area contributed by atoms with Gasteiger partial charge in [0.2, 0.25) is 11.8 Å². The average Bonchev–Trinajstić information content (AvgIpc) is 3.33. The maximum Gasteiger partial charge on any atom is 0.236 e. The van der Waals surface area contributed by atoms with E-state index in [0.717, 1.165) is 25.7 Å². The number of unbranched alkanes of at least 4 members (excludes halogenated alkanes) is 10. The summed E-state index contributed by atoms with van der Waals surface area (Å²) in [6.07, 6.45) is 19.2. The van der Waals surface area contributed by atoms with Gasteiger partial charge in [0.25, 0.3) is 0 Å².